The summed E-state index contributed by atoms with van der Waals surface area (Å²) in [5.74, 6) is -0.168. The first-order chi connectivity index (χ1) is 7.90. The Labute approximate surface area is 99.6 Å². The largest absolute Gasteiger partial charge is 0.459 e. The first kappa shape index (κ1) is 12.9. The molecule has 90 valence electrons. The third-order valence-electron chi connectivity index (χ3n) is 1.58. The molecular weight excluding hydrogens is 220 g/mol. The van der Waals surface area contributed by atoms with Gasteiger partial charge in [-0.25, -0.2) is 9.97 Å². The molecule has 0 saturated heterocycles. The number of rotatable bonds is 3. The zero-order chi connectivity index (χ0) is 12.9. The fraction of sp³-hybridized carbons (Fsp3) is 0.455. The Morgan fingerprint density at radius 2 is 2.29 bits per heavy atom. The van der Waals surface area contributed by atoms with E-state index in [4.69, 9.17) is 10.00 Å². The summed E-state index contributed by atoms with van der Waals surface area (Å²) < 4.78 is 5.09. The average Bonchev–Trinajstić information content (AvgIpc) is 2.24. The Hall–Kier alpha value is -2.16. The first-order valence-electron chi connectivity index (χ1n) is 5.09. The smallest absolute Gasteiger partial charge is 0.325 e. The number of aromatic nitrogens is 2. The maximum absolute atomic E-state index is 11.4. The van der Waals surface area contributed by atoms with Crippen LogP contribution in [0.15, 0.2) is 12.3 Å². The van der Waals surface area contributed by atoms with Gasteiger partial charge in [0.25, 0.3) is 0 Å². The molecule has 17 heavy (non-hydrogen) atoms. The number of anilines is 1. The van der Waals surface area contributed by atoms with Gasteiger partial charge in [-0.1, -0.05) is 0 Å². The number of nitriles is 1. The molecule has 6 nitrogen and oxygen atoms in total. The monoisotopic (exact) mass is 234 g/mol. The van der Waals surface area contributed by atoms with Crippen LogP contribution in [-0.4, -0.2) is 28.1 Å². The summed E-state index contributed by atoms with van der Waals surface area (Å²) in [6.07, 6.45) is 1.45. The van der Waals surface area contributed by atoms with Gasteiger partial charge in [-0.2, -0.15) is 5.26 Å². The minimum Gasteiger partial charge on any atom is -0.459 e. The van der Waals surface area contributed by atoms with Gasteiger partial charge < -0.3 is 10.1 Å². The Kier molecular flexibility index (Phi) is 3.99. The van der Waals surface area contributed by atoms with Crippen molar-refractivity contribution < 1.29 is 9.53 Å². The van der Waals surface area contributed by atoms with Crippen LogP contribution in [0.3, 0.4) is 0 Å². The van der Waals surface area contributed by atoms with E-state index in [0.29, 0.717) is 0 Å². The van der Waals surface area contributed by atoms with Crippen LogP contribution >= 0.6 is 0 Å². The molecule has 0 aliphatic rings. The highest BCUT2D eigenvalue weighted by molar-refractivity contribution is 5.74. The standard InChI is InChI=1S/C11H14N4O2/c1-11(2,3)17-9(16)7-14-10-13-5-4-8(6-12)15-10/h4-5H,7H2,1-3H3,(H,13,14,15). The number of nitrogens with one attached hydrogen (secondary N) is 1. The highest BCUT2D eigenvalue weighted by Gasteiger charge is 2.16. The van der Waals surface area contributed by atoms with Crippen LogP contribution in [0.25, 0.3) is 0 Å². The predicted octanol–water partition coefficient (Wildman–Crippen LogP) is 1.10. The summed E-state index contributed by atoms with van der Waals surface area (Å²) in [5, 5.41) is 11.3. The van der Waals surface area contributed by atoms with Gasteiger partial charge in [0.15, 0.2) is 0 Å². The van der Waals surface area contributed by atoms with Crippen molar-refractivity contribution in [3.05, 3.63) is 18.0 Å². The lowest BCUT2D eigenvalue weighted by Gasteiger charge is -2.19. The van der Waals surface area contributed by atoms with Crippen molar-refractivity contribution in [2.24, 2.45) is 0 Å². The van der Waals surface area contributed by atoms with Crippen LogP contribution in [0, 0.1) is 11.3 Å². The molecule has 0 fully saturated rings. The molecule has 1 aromatic rings. The topological polar surface area (TPSA) is 87.9 Å². The van der Waals surface area contributed by atoms with Crippen LogP contribution in [0.2, 0.25) is 0 Å². The molecule has 1 aromatic heterocycles. The van der Waals surface area contributed by atoms with Crippen molar-refractivity contribution in [2.75, 3.05) is 11.9 Å². The van der Waals surface area contributed by atoms with Gasteiger partial charge in [0.1, 0.15) is 23.9 Å². The van der Waals surface area contributed by atoms with E-state index in [0.717, 1.165) is 0 Å². The quantitative estimate of drug-likeness (QED) is 0.788. The fourth-order valence-corrected chi connectivity index (χ4v) is 1.03. The molecule has 0 amide bonds. The lowest BCUT2D eigenvalue weighted by atomic mass is 10.2. The van der Waals surface area contributed by atoms with Crippen molar-refractivity contribution in [3.63, 3.8) is 0 Å². The molecule has 1 rings (SSSR count). The second-order valence-corrected chi connectivity index (χ2v) is 4.32. The summed E-state index contributed by atoms with van der Waals surface area (Å²) in [4.78, 5) is 19.1. The Bertz CT molecular complexity index is 446. The van der Waals surface area contributed by atoms with Crippen LogP contribution in [0.5, 0.6) is 0 Å². The van der Waals surface area contributed by atoms with Gasteiger partial charge in [0.2, 0.25) is 5.95 Å². The number of carbonyl (C=O) groups excluding carboxylic acids is 1. The van der Waals surface area contributed by atoms with E-state index in [-0.39, 0.29) is 18.2 Å². The zero-order valence-electron chi connectivity index (χ0n) is 10.0. The van der Waals surface area contributed by atoms with E-state index in [9.17, 15) is 4.79 Å². The molecule has 0 aromatic carbocycles. The third-order valence-corrected chi connectivity index (χ3v) is 1.58. The highest BCUT2D eigenvalue weighted by atomic mass is 16.6. The maximum Gasteiger partial charge on any atom is 0.325 e. The van der Waals surface area contributed by atoms with Crippen molar-refractivity contribution >= 4 is 11.9 Å². The van der Waals surface area contributed by atoms with Gasteiger partial charge in [0, 0.05) is 6.20 Å². The summed E-state index contributed by atoms with van der Waals surface area (Å²) in [5.41, 5.74) is -0.277. The summed E-state index contributed by atoms with van der Waals surface area (Å²) in [6, 6.07) is 3.37. The van der Waals surface area contributed by atoms with E-state index in [1.165, 1.54) is 12.3 Å². The molecule has 0 atom stereocenters. The van der Waals surface area contributed by atoms with Gasteiger partial charge >= 0.3 is 5.97 Å². The maximum atomic E-state index is 11.4. The highest BCUT2D eigenvalue weighted by Crippen LogP contribution is 2.07. The number of hydrogen-bond acceptors (Lipinski definition) is 6. The van der Waals surface area contributed by atoms with E-state index >= 15 is 0 Å². The van der Waals surface area contributed by atoms with E-state index in [1.807, 2.05) is 6.07 Å². The van der Waals surface area contributed by atoms with E-state index in [1.54, 1.807) is 20.8 Å². The number of nitrogens with zero attached hydrogens (tertiary/aromatic N) is 3. The van der Waals surface area contributed by atoms with E-state index in [2.05, 4.69) is 15.3 Å². The Morgan fingerprint density at radius 1 is 1.59 bits per heavy atom. The van der Waals surface area contributed by atoms with Crippen molar-refractivity contribution in [1.29, 1.82) is 5.26 Å². The van der Waals surface area contributed by atoms with Crippen LogP contribution in [0.4, 0.5) is 5.95 Å². The van der Waals surface area contributed by atoms with E-state index < -0.39 is 11.6 Å². The second-order valence-electron chi connectivity index (χ2n) is 4.32. The molecule has 1 N–H and O–H groups in total. The molecule has 6 heteroatoms. The molecule has 0 aliphatic heterocycles. The minimum atomic E-state index is -0.520. The lowest BCUT2D eigenvalue weighted by molar-refractivity contribution is -0.152. The van der Waals surface area contributed by atoms with Gasteiger partial charge in [-0.15, -0.1) is 0 Å². The normalized spacial score (nSPS) is 10.5. The SMILES string of the molecule is CC(C)(C)OC(=O)CNc1nccc(C#N)n1. The average molecular weight is 234 g/mol. The Morgan fingerprint density at radius 3 is 2.88 bits per heavy atom. The van der Waals surface area contributed by atoms with Gasteiger partial charge in [-0.05, 0) is 26.8 Å². The third kappa shape index (κ3) is 4.93. The van der Waals surface area contributed by atoms with Crippen molar-refractivity contribution in [1.82, 2.24) is 9.97 Å². The Balaban J connectivity index is 2.51. The van der Waals surface area contributed by atoms with Crippen LogP contribution in [-0.2, 0) is 9.53 Å². The molecule has 0 aliphatic carbocycles. The van der Waals surface area contributed by atoms with Crippen LogP contribution in [0.1, 0.15) is 26.5 Å². The molecule has 0 saturated carbocycles. The number of carbonyl (C=O) groups is 1. The molecule has 0 radical (unpaired) electrons. The first-order valence-corrected chi connectivity index (χ1v) is 5.09. The number of hydrogen-bond donors (Lipinski definition) is 1. The summed E-state index contributed by atoms with van der Waals surface area (Å²) >= 11 is 0. The van der Waals surface area contributed by atoms with Gasteiger partial charge in [0.05, 0.1) is 0 Å². The van der Waals surface area contributed by atoms with Crippen LogP contribution < -0.4 is 5.32 Å². The second kappa shape index (κ2) is 5.25. The molecule has 0 bridgehead atoms. The summed E-state index contributed by atoms with van der Waals surface area (Å²) in [7, 11) is 0. The number of esters is 1. The number of ether oxygens (including phenoxy) is 1. The molecule has 0 spiro atoms. The van der Waals surface area contributed by atoms with Crippen molar-refractivity contribution in [3.8, 4) is 6.07 Å². The zero-order valence-corrected chi connectivity index (χ0v) is 10.0. The molecular formula is C11H14N4O2. The van der Waals surface area contributed by atoms with Gasteiger partial charge in [-0.3, -0.25) is 4.79 Å². The minimum absolute atomic E-state index is 0.0356. The summed E-state index contributed by atoms with van der Waals surface area (Å²) in [6.45, 7) is 5.33. The lowest BCUT2D eigenvalue weighted by Crippen LogP contribution is -2.28. The van der Waals surface area contributed by atoms with Crippen molar-refractivity contribution in [2.45, 2.75) is 26.4 Å². The predicted molar refractivity (Wildman–Crippen MR) is 61.1 cm³/mol. The fourth-order valence-electron chi connectivity index (χ4n) is 1.03. The molecule has 0 unspecified atom stereocenters. The molecule has 1 heterocycles.